The summed E-state index contributed by atoms with van der Waals surface area (Å²) in [7, 11) is 0. The zero-order valence-electron chi connectivity index (χ0n) is 21.0. The lowest BCUT2D eigenvalue weighted by Gasteiger charge is -2.31. The van der Waals surface area contributed by atoms with E-state index in [1.165, 1.54) is 18.1 Å². The summed E-state index contributed by atoms with van der Waals surface area (Å²) in [4.78, 5) is 26.8. The van der Waals surface area contributed by atoms with Crippen molar-refractivity contribution < 1.29 is 22.8 Å². The fourth-order valence-corrected chi connectivity index (χ4v) is 5.08. The van der Waals surface area contributed by atoms with Crippen LogP contribution in [-0.4, -0.2) is 25.5 Å². The lowest BCUT2D eigenvalue weighted by atomic mass is 10.1. The van der Waals surface area contributed by atoms with Crippen LogP contribution >= 0.6 is 23.2 Å². The highest BCUT2D eigenvalue weighted by atomic mass is 35.5. The minimum Gasteiger partial charge on any atom is -0.755 e. The van der Waals surface area contributed by atoms with Crippen LogP contribution in [0.15, 0.2) is 83.5 Å². The molecule has 39 heavy (non-hydrogen) atoms. The van der Waals surface area contributed by atoms with Crippen molar-refractivity contribution in [1.29, 1.82) is 0 Å². The van der Waals surface area contributed by atoms with E-state index in [4.69, 9.17) is 27.6 Å². The van der Waals surface area contributed by atoms with Crippen molar-refractivity contribution in [3.05, 3.63) is 112 Å². The van der Waals surface area contributed by atoms with Crippen molar-refractivity contribution in [3.63, 3.8) is 0 Å². The van der Waals surface area contributed by atoms with E-state index in [2.05, 4.69) is 5.32 Å². The van der Waals surface area contributed by atoms with Gasteiger partial charge in [-0.25, -0.2) is 0 Å². The number of halogens is 2. The van der Waals surface area contributed by atoms with Crippen molar-refractivity contribution in [2.75, 3.05) is 9.62 Å². The summed E-state index contributed by atoms with van der Waals surface area (Å²) < 4.78 is 31.8. The van der Waals surface area contributed by atoms with Crippen molar-refractivity contribution in [3.8, 4) is 0 Å². The molecule has 1 N–H and O–H groups in total. The second-order valence-electron chi connectivity index (χ2n) is 8.69. The predicted octanol–water partition coefficient (Wildman–Crippen LogP) is 6.63. The molecule has 0 saturated heterocycles. The highest BCUT2D eigenvalue weighted by Crippen LogP contribution is 2.35. The van der Waals surface area contributed by atoms with Crippen LogP contribution in [0.25, 0.3) is 0 Å². The number of hydrogen-bond donors (Lipinski definition) is 1. The fourth-order valence-electron chi connectivity index (χ4n) is 4.05. The van der Waals surface area contributed by atoms with Crippen LogP contribution in [0.4, 0.5) is 17.1 Å². The van der Waals surface area contributed by atoms with E-state index >= 15 is 0 Å². The third kappa shape index (κ3) is 6.88. The molecule has 0 aliphatic heterocycles. The molecule has 11 heteroatoms. The van der Waals surface area contributed by atoms with Gasteiger partial charge in [-0.05, 0) is 72.6 Å². The standard InChI is InChI=1S/C28H25Cl2N3O5S/c1-18-9-11-22(15-26(18)31-19(2)34)33(39(36)37)27-12-10-21(29)14-20(27)16-32(17-23-6-5-13-38-23)28(35)24-7-3-4-8-25(24)30/h3-15H,16-17H2,1-2H3,(H,31,34)(H,36,37)/p-1. The Balaban J connectivity index is 1.79. The average Bonchev–Trinajstić information content (AvgIpc) is 3.39. The van der Waals surface area contributed by atoms with Crippen molar-refractivity contribution in [1.82, 2.24) is 4.90 Å². The van der Waals surface area contributed by atoms with Gasteiger partial charge in [-0.2, -0.15) is 0 Å². The third-order valence-corrected chi connectivity index (χ3v) is 7.13. The first-order valence-electron chi connectivity index (χ1n) is 11.8. The number of anilines is 3. The summed E-state index contributed by atoms with van der Waals surface area (Å²) in [5.41, 5.74) is 2.55. The number of nitrogens with one attached hydrogen (secondary N) is 1. The topological polar surface area (TPSA) is 106 Å². The quantitative estimate of drug-likeness (QED) is 0.222. The van der Waals surface area contributed by atoms with Crippen LogP contribution < -0.4 is 9.62 Å². The van der Waals surface area contributed by atoms with Gasteiger partial charge in [0.1, 0.15) is 5.76 Å². The lowest BCUT2D eigenvalue weighted by Crippen LogP contribution is -2.31. The first-order chi connectivity index (χ1) is 18.6. The number of aryl methyl sites for hydroxylation is 1. The Morgan fingerprint density at radius 3 is 2.44 bits per heavy atom. The number of amides is 2. The number of carbonyl (C=O) groups is 2. The molecule has 0 spiro atoms. The van der Waals surface area contributed by atoms with E-state index in [0.29, 0.717) is 22.0 Å². The summed E-state index contributed by atoms with van der Waals surface area (Å²) in [6, 6.07) is 19.8. The SMILES string of the molecule is CC(=O)Nc1cc(N(c2ccc(Cl)cc2CN(Cc2ccco2)C(=O)c2ccccc2Cl)S(=O)[O-])ccc1C. The molecule has 1 atom stereocenters. The van der Waals surface area contributed by atoms with Gasteiger partial charge in [0.2, 0.25) is 5.91 Å². The Kier molecular flexibility index (Phi) is 9.08. The molecule has 2 amide bonds. The molecule has 0 aliphatic carbocycles. The van der Waals surface area contributed by atoms with Crippen LogP contribution in [0.3, 0.4) is 0 Å². The smallest absolute Gasteiger partial charge is 0.256 e. The maximum Gasteiger partial charge on any atom is 0.256 e. The highest BCUT2D eigenvalue weighted by molar-refractivity contribution is 7.81. The van der Waals surface area contributed by atoms with Crippen molar-refractivity contribution in [2.24, 2.45) is 0 Å². The number of benzene rings is 3. The van der Waals surface area contributed by atoms with Gasteiger partial charge in [0.05, 0.1) is 46.0 Å². The zero-order valence-corrected chi connectivity index (χ0v) is 23.3. The first-order valence-corrected chi connectivity index (χ1v) is 13.5. The number of carbonyl (C=O) groups excluding carboxylic acids is 2. The number of furan rings is 1. The van der Waals surface area contributed by atoms with Crippen LogP contribution in [0.2, 0.25) is 10.0 Å². The van der Waals surface area contributed by atoms with E-state index in [1.807, 2.05) is 0 Å². The second kappa shape index (κ2) is 12.5. The summed E-state index contributed by atoms with van der Waals surface area (Å²) in [6.45, 7) is 3.25. The Morgan fingerprint density at radius 2 is 1.77 bits per heavy atom. The van der Waals surface area contributed by atoms with Crippen LogP contribution in [0, 0.1) is 6.92 Å². The highest BCUT2D eigenvalue weighted by Gasteiger charge is 2.24. The summed E-state index contributed by atoms with van der Waals surface area (Å²) >= 11 is 9.90. The molecule has 202 valence electrons. The van der Waals surface area contributed by atoms with Crippen LogP contribution in [0.1, 0.15) is 34.2 Å². The van der Waals surface area contributed by atoms with E-state index in [-0.39, 0.29) is 46.9 Å². The molecule has 0 radical (unpaired) electrons. The van der Waals surface area contributed by atoms with Gasteiger partial charge in [-0.3, -0.25) is 18.1 Å². The normalized spacial score (nSPS) is 11.6. The molecule has 8 nitrogen and oxygen atoms in total. The van der Waals surface area contributed by atoms with Crippen molar-refractivity contribution >= 4 is 63.3 Å². The second-order valence-corrected chi connectivity index (χ2v) is 10.3. The van der Waals surface area contributed by atoms with Crippen LogP contribution in [-0.2, 0) is 29.2 Å². The van der Waals surface area contributed by atoms with Gasteiger partial charge in [0.25, 0.3) is 5.91 Å². The third-order valence-electron chi connectivity index (χ3n) is 5.86. The molecule has 0 aliphatic rings. The molecule has 0 fully saturated rings. The van der Waals surface area contributed by atoms with Gasteiger partial charge in [-0.15, -0.1) is 0 Å². The number of hydrogen-bond acceptors (Lipinski definition) is 5. The van der Waals surface area contributed by atoms with Crippen molar-refractivity contribution in [2.45, 2.75) is 26.9 Å². The number of nitrogens with zero attached hydrogens (tertiary/aromatic N) is 2. The Morgan fingerprint density at radius 1 is 1.00 bits per heavy atom. The van der Waals surface area contributed by atoms with Crippen LogP contribution in [0.5, 0.6) is 0 Å². The van der Waals surface area contributed by atoms with E-state index in [1.54, 1.807) is 79.7 Å². The predicted molar refractivity (Wildman–Crippen MR) is 152 cm³/mol. The average molecular weight is 585 g/mol. The van der Waals surface area contributed by atoms with Gasteiger partial charge < -0.3 is 19.2 Å². The minimum atomic E-state index is -2.76. The largest absolute Gasteiger partial charge is 0.755 e. The fraction of sp³-hybridized carbons (Fsp3) is 0.143. The molecular formula is C28H24Cl2N3O5S-. The molecule has 1 unspecified atom stereocenters. The minimum absolute atomic E-state index is 0.0151. The van der Waals surface area contributed by atoms with E-state index < -0.39 is 11.3 Å². The number of rotatable bonds is 9. The molecule has 1 aromatic heterocycles. The monoisotopic (exact) mass is 584 g/mol. The van der Waals surface area contributed by atoms with Gasteiger partial charge in [0.15, 0.2) is 0 Å². The first kappa shape index (κ1) is 28.4. The van der Waals surface area contributed by atoms with E-state index in [9.17, 15) is 18.4 Å². The molecule has 0 saturated carbocycles. The lowest BCUT2D eigenvalue weighted by molar-refractivity contribution is -0.114. The maximum absolute atomic E-state index is 13.6. The summed E-state index contributed by atoms with van der Waals surface area (Å²) in [5.74, 6) is -0.133. The maximum atomic E-state index is 13.6. The van der Waals surface area contributed by atoms with Gasteiger partial charge in [-0.1, -0.05) is 41.4 Å². The molecule has 0 bridgehead atoms. The summed E-state index contributed by atoms with van der Waals surface area (Å²) in [5, 5.41) is 3.36. The molecule has 4 rings (SSSR count). The van der Waals surface area contributed by atoms with E-state index in [0.717, 1.165) is 9.87 Å². The molecule has 4 aromatic rings. The Labute approximate surface area is 238 Å². The Hall–Kier alpha value is -3.63. The summed E-state index contributed by atoms with van der Waals surface area (Å²) in [6.07, 6.45) is 1.50. The van der Waals surface area contributed by atoms with Gasteiger partial charge in [0, 0.05) is 24.2 Å². The zero-order chi connectivity index (χ0) is 28.1. The Bertz CT molecular complexity index is 1530. The molecule has 3 aromatic carbocycles. The van der Waals surface area contributed by atoms with Gasteiger partial charge >= 0.3 is 0 Å². The molecular weight excluding hydrogens is 561 g/mol. The molecule has 1 heterocycles.